The van der Waals surface area contributed by atoms with Gasteiger partial charge in [0.25, 0.3) is 0 Å². The molecule has 2 heterocycles. The van der Waals surface area contributed by atoms with Crippen molar-refractivity contribution in [1.82, 2.24) is 9.97 Å². The minimum atomic E-state index is -1.02. The topological polar surface area (TPSA) is 63.1 Å². The van der Waals surface area contributed by atoms with Gasteiger partial charge in [-0.1, -0.05) is 24.3 Å². The predicted octanol–water partition coefficient (Wildman–Crippen LogP) is 3.00. The first kappa shape index (κ1) is 11.3. The highest BCUT2D eigenvalue weighted by molar-refractivity contribution is 5.96. The molecule has 0 unspecified atom stereocenters. The fraction of sp³-hybridized carbons (Fsp3) is 0. The summed E-state index contributed by atoms with van der Waals surface area (Å²) < 4.78 is 0. The van der Waals surface area contributed by atoms with Gasteiger partial charge in [-0.05, 0) is 23.1 Å². The van der Waals surface area contributed by atoms with Crippen LogP contribution in [-0.2, 0) is 0 Å². The number of aromatic nitrogens is 2. The first-order valence-corrected chi connectivity index (χ1v) is 5.78. The van der Waals surface area contributed by atoms with Crippen molar-refractivity contribution in [3.8, 4) is 11.1 Å². The maximum Gasteiger partial charge on any atom is 0.354 e. The first-order chi connectivity index (χ1) is 9.25. The molecule has 1 aromatic carbocycles. The smallest absolute Gasteiger partial charge is 0.354 e. The third-order valence-corrected chi connectivity index (χ3v) is 2.97. The number of pyridine rings is 2. The van der Waals surface area contributed by atoms with Gasteiger partial charge in [0, 0.05) is 29.5 Å². The summed E-state index contributed by atoms with van der Waals surface area (Å²) in [5.41, 5.74) is 1.96. The van der Waals surface area contributed by atoms with Gasteiger partial charge in [0.05, 0.1) is 0 Å². The molecular formula is C15H10N2O2. The van der Waals surface area contributed by atoms with E-state index in [1.807, 2.05) is 24.3 Å². The molecule has 0 aliphatic rings. The SMILES string of the molecule is O=C(O)c1ccc(-c2cccc3cnccc23)cn1. The van der Waals surface area contributed by atoms with Crippen LogP contribution in [0.15, 0.2) is 55.0 Å². The highest BCUT2D eigenvalue weighted by atomic mass is 16.4. The second kappa shape index (κ2) is 4.49. The number of carboxylic acid groups (broad SMARTS) is 1. The number of rotatable bonds is 2. The molecule has 0 bridgehead atoms. The molecule has 0 spiro atoms. The Morgan fingerprint density at radius 3 is 2.68 bits per heavy atom. The van der Waals surface area contributed by atoms with Gasteiger partial charge in [0.1, 0.15) is 5.69 Å². The summed E-state index contributed by atoms with van der Waals surface area (Å²) >= 11 is 0. The highest BCUT2D eigenvalue weighted by Gasteiger charge is 2.07. The summed E-state index contributed by atoms with van der Waals surface area (Å²) in [6, 6.07) is 11.1. The van der Waals surface area contributed by atoms with Crippen LogP contribution in [0.2, 0.25) is 0 Å². The van der Waals surface area contributed by atoms with Crippen molar-refractivity contribution >= 4 is 16.7 Å². The fourth-order valence-electron chi connectivity index (χ4n) is 2.05. The van der Waals surface area contributed by atoms with Crippen molar-refractivity contribution in [2.45, 2.75) is 0 Å². The summed E-state index contributed by atoms with van der Waals surface area (Å²) in [5, 5.41) is 11.0. The van der Waals surface area contributed by atoms with Crippen LogP contribution in [0.1, 0.15) is 10.5 Å². The highest BCUT2D eigenvalue weighted by Crippen LogP contribution is 2.27. The van der Waals surface area contributed by atoms with E-state index >= 15 is 0 Å². The zero-order valence-corrected chi connectivity index (χ0v) is 9.95. The maximum atomic E-state index is 10.8. The van der Waals surface area contributed by atoms with E-state index in [9.17, 15) is 4.79 Å². The largest absolute Gasteiger partial charge is 0.477 e. The number of aromatic carboxylic acids is 1. The van der Waals surface area contributed by atoms with E-state index in [0.717, 1.165) is 21.9 Å². The lowest BCUT2D eigenvalue weighted by Crippen LogP contribution is -1.99. The Bertz CT molecular complexity index is 746. The normalized spacial score (nSPS) is 10.5. The molecule has 92 valence electrons. The summed E-state index contributed by atoms with van der Waals surface area (Å²) in [4.78, 5) is 18.8. The lowest BCUT2D eigenvalue weighted by Gasteiger charge is -2.06. The quantitative estimate of drug-likeness (QED) is 0.759. The van der Waals surface area contributed by atoms with Gasteiger partial charge in [0.15, 0.2) is 0 Å². The van der Waals surface area contributed by atoms with E-state index in [4.69, 9.17) is 5.11 Å². The Morgan fingerprint density at radius 2 is 1.95 bits per heavy atom. The van der Waals surface area contributed by atoms with Crippen LogP contribution in [0.5, 0.6) is 0 Å². The second-order valence-electron chi connectivity index (χ2n) is 4.14. The molecule has 3 aromatic rings. The Hall–Kier alpha value is -2.75. The number of benzene rings is 1. The van der Waals surface area contributed by atoms with Crippen LogP contribution in [0.25, 0.3) is 21.9 Å². The minimum absolute atomic E-state index is 0.0469. The van der Waals surface area contributed by atoms with Gasteiger partial charge in [-0.3, -0.25) is 4.98 Å². The van der Waals surface area contributed by atoms with Gasteiger partial charge in [-0.15, -0.1) is 0 Å². The molecule has 3 rings (SSSR count). The van der Waals surface area contributed by atoms with Crippen LogP contribution in [0.4, 0.5) is 0 Å². The molecule has 0 aliphatic heterocycles. The van der Waals surface area contributed by atoms with Crippen molar-refractivity contribution in [1.29, 1.82) is 0 Å². The van der Waals surface area contributed by atoms with Gasteiger partial charge >= 0.3 is 5.97 Å². The summed E-state index contributed by atoms with van der Waals surface area (Å²) in [7, 11) is 0. The monoisotopic (exact) mass is 250 g/mol. The molecule has 19 heavy (non-hydrogen) atoms. The molecule has 0 aliphatic carbocycles. The lowest BCUT2D eigenvalue weighted by molar-refractivity contribution is 0.0690. The third-order valence-electron chi connectivity index (χ3n) is 2.97. The molecule has 0 atom stereocenters. The van der Waals surface area contributed by atoms with Crippen LogP contribution in [-0.4, -0.2) is 21.0 Å². The molecule has 2 aromatic heterocycles. The lowest BCUT2D eigenvalue weighted by atomic mass is 10.0. The number of fused-ring (bicyclic) bond motifs is 1. The number of nitrogens with zero attached hydrogens (tertiary/aromatic N) is 2. The molecule has 0 saturated carbocycles. The van der Waals surface area contributed by atoms with Crippen LogP contribution >= 0.6 is 0 Å². The summed E-state index contributed by atoms with van der Waals surface area (Å²) in [6.45, 7) is 0. The van der Waals surface area contributed by atoms with E-state index < -0.39 is 5.97 Å². The number of hydrogen-bond donors (Lipinski definition) is 1. The van der Waals surface area contributed by atoms with Crippen molar-refractivity contribution < 1.29 is 9.90 Å². The van der Waals surface area contributed by atoms with Gasteiger partial charge in [0.2, 0.25) is 0 Å². The maximum absolute atomic E-state index is 10.8. The fourth-order valence-corrected chi connectivity index (χ4v) is 2.05. The molecule has 0 radical (unpaired) electrons. The third kappa shape index (κ3) is 2.04. The zero-order valence-electron chi connectivity index (χ0n) is 9.95. The van der Waals surface area contributed by atoms with Gasteiger partial charge in [-0.25, -0.2) is 9.78 Å². The van der Waals surface area contributed by atoms with Crippen molar-refractivity contribution in [2.75, 3.05) is 0 Å². The summed E-state index contributed by atoms with van der Waals surface area (Å²) in [6.07, 6.45) is 5.13. The second-order valence-corrected chi connectivity index (χ2v) is 4.14. The average Bonchev–Trinajstić information content (AvgIpc) is 2.47. The molecule has 0 fully saturated rings. The Morgan fingerprint density at radius 1 is 1.05 bits per heavy atom. The standard InChI is InChI=1S/C15H10N2O2/c18-15(19)14-5-4-11(9-17-14)12-3-1-2-10-8-16-7-6-13(10)12/h1-9H,(H,18,19). The van der Waals surface area contributed by atoms with Crippen molar-refractivity contribution in [2.24, 2.45) is 0 Å². The summed E-state index contributed by atoms with van der Waals surface area (Å²) in [5.74, 6) is -1.02. The van der Waals surface area contributed by atoms with Crippen molar-refractivity contribution in [3.63, 3.8) is 0 Å². The molecule has 4 heteroatoms. The van der Waals surface area contributed by atoms with Crippen LogP contribution in [0.3, 0.4) is 0 Å². The Labute approximate surface area is 109 Å². The molecule has 1 N–H and O–H groups in total. The molecular weight excluding hydrogens is 240 g/mol. The van der Waals surface area contributed by atoms with E-state index in [2.05, 4.69) is 9.97 Å². The molecule has 4 nitrogen and oxygen atoms in total. The minimum Gasteiger partial charge on any atom is -0.477 e. The van der Waals surface area contributed by atoms with Crippen LogP contribution in [0, 0.1) is 0 Å². The predicted molar refractivity (Wildman–Crippen MR) is 71.9 cm³/mol. The van der Waals surface area contributed by atoms with E-state index in [0.29, 0.717) is 0 Å². The van der Waals surface area contributed by atoms with E-state index in [1.165, 1.54) is 6.07 Å². The first-order valence-electron chi connectivity index (χ1n) is 5.78. The molecule has 0 amide bonds. The number of hydrogen-bond acceptors (Lipinski definition) is 3. The zero-order chi connectivity index (χ0) is 13.2. The van der Waals surface area contributed by atoms with E-state index in [1.54, 1.807) is 24.7 Å². The number of carboxylic acids is 1. The average molecular weight is 250 g/mol. The Balaban J connectivity index is 2.16. The Kier molecular flexibility index (Phi) is 2.68. The van der Waals surface area contributed by atoms with Gasteiger partial charge < -0.3 is 5.11 Å². The van der Waals surface area contributed by atoms with E-state index in [-0.39, 0.29) is 5.69 Å². The van der Waals surface area contributed by atoms with Crippen LogP contribution < -0.4 is 0 Å². The van der Waals surface area contributed by atoms with Gasteiger partial charge in [-0.2, -0.15) is 0 Å². The number of carbonyl (C=O) groups is 1. The molecule has 0 saturated heterocycles. The van der Waals surface area contributed by atoms with Crippen molar-refractivity contribution in [3.05, 3.63) is 60.7 Å².